The molecule has 0 spiro atoms. The van der Waals surface area contributed by atoms with Crippen LogP contribution in [0.4, 0.5) is 11.6 Å². The zero-order chi connectivity index (χ0) is 18.3. The summed E-state index contributed by atoms with van der Waals surface area (Å²) in [4.78, 5) is 10.7. The van der Waals surface area contributed by atoms with Crippen LogP contribution in [-0.2, 0) is 5.41 Å². The molecule has 0 saturated heterocycles. The van der Waals surface area contributed by atoms with E-state index in [-0.39, 0.29) is 2.85 Å². The first-order valence-electron chi connectivity index (χ1n) is 8.33. The number of hydrogen-bond donors (Lipinski definition) is 2. The molecule has 0 atom stereocenters. The largest absolute Gasteiger partial charge is 0.322 e. The lowest BCUT2D eigenvalue weighted by molar-refractivity contribution is 0.703. The van der Waals surface area contributed by atoms with E-state index in [0.29, 0.717) is 28.4 Å². The Kier molecular flexibility index (Phi) is 4.17. The third-order valence-electron chi connectivity index (χ3n) is 4.33. The van der Waals surface area contributed by atoms with Gasteiger partial charge in [-0.15, -0.1) is 11.3 Å². The van der Waals surface area contributed by atoms with Gasteiger partial charge >= 0.3 is 0 Å². The Morgan fingerprint density at radius 1 is 1.42 bits per heavy atom. The van der Waals surface area contributed by atoms with Crippen LogP contribution in [0.1, 0.15) is 46.0 Å². The summed E-state index contributed by atoms with van der Waals surface area (Å²) in [6.07, 6.45) is 4.00. The van der Waals surface area contributed by atoms with Crippen LogP contribution < -0.4 is 5.32 Å². The van der Waals surface area contributed by atoms with E-state index in [0.717, 1.165) is 15.4 Å². The lowest BCUT2D eigenvalue weighted by Gasteiger charge is -2.11. The molecule has 2 N–H and O–H groups in total. The van der Waals surface area contributed by atoms with E-state index >= 15 is 0 Å². The van der Waals surface area contributed by atoms with E-state index in [9.17, 15) is 5.26 Å². The Morgan fingerprint density at radius 2 is 2.23 bits per heavy atom. The third kappa shape index (κ3) is 3.30. The fraction of sp³-hybridized carbons (Fsp3) is 0.333. The molecule has 1 saturated carbocycles. The van der Waals surface area contributed by atoms with Crippen LogP contribution in [0.2, 0.25) is 5.02 Å². The molecule has 0 unspecified atom stereocenters. The van der Waals surface area contributed by atoms with Crippen LogP contribution >= 0.6 is 22.9 Å². The molecule has 0 radical (unpaired) electrons. The summed E-state index contributed by atoms with van der Waals surface area (Å²) in [5.74, 6) is 2.37. The molecule has 0 bridgehead atoms. The summed E-state index contributed by atoms with van der Waals surface area (Å²) >= 11 is 7.76. The summed E-state index contributed by atoms with van der Waals surface area (Å²) in [6, 6.07) is 8.20. The molecule has 3 aromatic heterocycles. The van der Waals surface area contributed by atoms with Gasteiger partial charge in [-0.25, -0.2) is 9.97 Å². The molecule has 8 heteroatoms. The van der Waals surface area contributed by atoms with E-state index < -0.39 is 5.41 Å². The Balaban J connectivity index is 0.00000140. The highest BCUT2D eigenvalue weighted by atomic mass is 35.5. The minimum atomic E-state index is -0.537. The molecule has 0 amide bonds. The molecule has 1 aliphatic rings. The number of H-pyrrole nitrogens is 1. The molecule has 0 aromatic carbocycles. The lowest BCUT2D eigenvalue weighted by atomic mass is 9.94. The molecule has 3 heterocycles. The number of nitriles is 1. The fourth-order valence-electron chi connectivity index (χ4n) is 2.55. The number of halogens is 1. The van der Waals surface area contributed by atoms with E-state index in [1.54, 1.807) is 6.20 Å². The molecule has 26 heavy (non-hydrogen) atoms. The molecule has 0 aliphatic heterocycles. The minimum absolute atomic E-state index is 0. The number of aromatic amines is 1. The molecule has 6 nitrogen and oxygen atoms in total. The zero-order valence-corrected chi connectivity index (χ0v) is 15.9. The van der Waals surface area contributed by atoms with Crippen molar-refractivity contribution in [3.05, 3.63) is 40.0 Å². The van der Waals surface area contributed by atoms with Crippen molar-refractivity contribution in [1.29, 1.82) is 5.26 Å². The molecular formula is C18H21ClN6S. The van der Waals surface area contributed by atoms with Gasteiger partial charge in [-0.05, 0) is 38.8 Å². The molecule has 136 valence electrons. The molecule has 1 fully saturated rings. The maximum Gasteiger partial charge on any atom is 0.171 e. The Labute approximate surface area is 163 Å². The second kappa shape index (κ2) is 6.38. The van der Waals surface area contributed by atoms with Crippen molar-refractivity contribution in [3.8, 4) is 16.8 Å². The molecule has 1 aliphatic carbocycles. The SMILES string of the molecule is CC(C)(C#N)c1ccc(-c2ncc(Cl)c(Nc3cc(C4CC4)[nH]n3)n2)s1.[HH].[HH]. The minimum Gasteiger partial charge on any atom is -0.322 e. The van der Waals surface area contributed by atoms with Crippen LogP contribution in [0.5, 0.6) is 0 Å². The summed E-state index contributed by atoms with van der Waals surface area (Å²) in [5, 5.41) is 20.2. The van der Waals surface area contributed by atoms with Crippen molar-refractivity contribution < 1.29 is 2.85 Å². The van der Waals surface area contributed by atoms with Gasteiger partial charge in [-0.3, -0.25) is 5.10 Å². The maximum atomic E-state index is 9.31. The Morgan fingerprint density at radius 3 is 2.96 bits per heavy atom. The van der Waals surface area contributed by atoms with Crippen LogP contribution in [0, 0.1) is 11.3 Å². The number of nitrogens with one attached hydrogen (secondary N) is 2. The highest BCUT2D eigenvalue weighted by molar-refractivity contribution is 7.15. The topological polar surface area (TPSA) is 90.3 Å². The number of aromatic nitrogens is 4. The average Bonchev–Trinajstić information content (AvgIpc) is 3.16. The fourth-order valence-corrected chi connectivity index (χ4v) is 3.69. The highest BCUT2D eigenvalue weighted by Gasteiger charge is 2.26. The zero-order valence-electron chi connectivity index (χ0n) is 14.4. The van der Waals surface area contributed by atoms with Gasteiger partial charge in [-0.2, -0.15) is 10.4 Å². The van der Waals surface area contributed by atoms with Gasteiger partial charge in [0.25, 0.3) is 0 Å². The van der Waals surface area contributed by atoms with Crippen molar-refractivity contribution in [2.75, 3.05) is 5.32 Å². The van der Waals surface area contributed by atoms with Gasteiger partial charge in [-0.1, -0.05) is 11.6 Å². The van der Waals surface area contributed by atoms with E-state index in [1.807, 2.05) is 32.0 Å². The maximum absolute atomic E-state index is 9.31. The summed E-state index contributed by atoms with van der Waals surface area (Å²) in [6.45, 7) is 3.79. The average molecular weight is 389 g/mol. The predicted octanol–water partition coefficient (Wildman–Crippen LogP) is 5.50. The van der Waals surface area contributed by atoms with E-state index in [2.05, 4.69) is 31.6 Å². The van der Waals surface area contributed by atoms with Gasteiger partial charge < -0.3 is 5.32 Å². The monoisotopic (exact) mass is 388 g/mol. The van der Waals surface area contributed by atoms with E-state index in [1.165, 1.54) is 24.2 Å². The number of hydrogen-bond acceptors (Lipinski definition) is 6. The predicted molar refractivity (Wildman–Crippen MR) is 107 cm³/mol. The number of anilines is 2. The molecule has 4 rings (SSSR count). The quantitative estimate of drug-likeness (QED) is 0.602. The summed E-state index contributed by atoms with van der Waals surface area (Å²) in [7, 11) is 0. The van der Waals surface area contributed by atoms with Crippen molar-refractivity contribution >= 4 is 34.6 Å². The number of thiophene rings is 1. The smallest absolute Gasteiger partial charge is 0.171 e. The van der Waals surface area contributed by atoms with Crippen molar-refractivity contribution in [3.63, 3.8) is 0 Å². The number of rotatable bonds is 5. The lowest BCUT2D eigenvalue weighted by Crippen LogP contribution is -2.10. The van der Waals surface area contributed by atoms with Crippen LogP contribution in [0.15, 0.2) is 24.4 Å². The van der Waals surface area contributed by atoms with Crippen molar-refractivity contribution in [2.45, 2.75) is 38.0 Å². The summed E-state index contributed by atoms with van der Waals surface area (Å²) < 4.78 is 0. The van der Waals surface area contributed by atoms with Gasteiger partial charge in [0.15, 0.2) is 17.5 Å². The first-order valence-corrected chi connectivity index (χ1v) is 9.52. The standard InChI is InChI=1S/C18H17ClN6S.2H2/c1-18(2,9-20)14-6-5-13(26-14)17-21-8-11(19)16(23-17)22-15-7-12(24-25-15)10-3-4-10;;/h5-8,10H,3-4H2,1-2H3,(H2,21,22,23,24,25);2*1H. The van der Waals surface area contributed by atoms with Gasteiger partial charge in [0, 0.05) is 25.4 Å². The number of nitrogens with zero attached hydrogens (tertiary/aromatic N) is 4. The second-order valence-electron chi connectivity index (χ2n) is 6.90. The highest BCUT2D eigenvalue weighted by Crippen LogP contribution is 2.40. The Bertz CT molecular complexity index is 1010. The summed E-state index contributed by atoms with van der Waals surface area (Å²) in [5.41, 5.74) is 0.601. The first-order chi connectivity index (χ1) is 12.5. The van der Waals surface area contributed by atoms with Gasteiger partial charge in [0.05, 0.1) is 22.6 Å². The van der Waals surface area contributed by atoms with Crippen molar-refractivity contribution in [1.82, 2.24) is 20.2 Å². The normalized spacial score (nSPS) is 14.2. The van der Waals surface area contributed by atoms with Gasteiger partial charge in [0.1, 0.15) is 5.02 Å². The Hall–Kier alpha value is -2.43. The van der Waals surface area contributed by atoms with Crippen LogP contribution in [0.25, 0.3) is 10.7 Å². The molecular weight excluding hydrogens is 368 g/mol. The van der Waals surface area contributed by atoms with Crippen molar-refractivity contribution in [2.24, 2.45) is 0 Å². The second-order valence-corrected chi connectivity index (χ2v) is 8.39. The first kappa shape index (κ1) is 17.0. The molecule has 3 aromatic rings. The van der Waals surface area contributed by atoms with Crippen LogP contribution in [-0.4, -0.2) is 20.2 Å². The van der Waals surface area contributed by atoms with Crippen LogP contribution in [0.3, 0.4) is 0 Å². The third-order valence-corrected chi connectivity index (χ3v) is 6.01. The van der Waals surface area contributed by atoms with E-state index in [4.69, 9.17) is 11.6 Å². The van der Waals surface area contributed by atoms with Gasteiger partial charge in [0.2, 0.25) is 0 Å².